The minimum absolute atomic E-state index is 0.157. The van der Waals surface area contributed by atoms with Crippen molar-refractivity contribution in [1.82, 2.24) is 0 Å². The zero-order valence-electron chi connectivity index (χ0n) is 9.51. The van der Waals surface area contributed by atoms with Gasteiger partial charge in [0, 0.05) is 20.6 Å². The Morgan fingerprint density at radius 2 is 1.83 bits per heavy atom. The Morgan fingerprint density at radius 3 is 2.39 bits per heavy atom. The third-order valence-electron chi connectivity index (χ3n) is 2.60. The van der Waals surface area contributed by atoms with Gasteiger partial charge in [-0.3, -0.25) is 4.79 Å². The van der Waals surface area contributed by atoms with Gasteiger partial charge in [0.05, 0.1) is 0 Å². The highest BCUT2D eigenvalue weighted by Crippen LogP contribution is 2.32. The molecule has 2 rings (SSSR count). The van der Waals surface area contributed by atoms with Crippen LogP contribution in [0.3, 0.4) is 0 Å². The number of hydrogen-bond donors (Lipinski definition) is 0. The van der Waals surface area contributed by atoms with Crippen LogP contribution in [0.5, 0.6) is 0 Å². The predicted molar refractivity (Wildman–Crippen MR) is 74.6 cm³/mol. The van der Waals surface area contributed by atoms with Gasteiger partial charge in [-0.25, -0.2) is 4.39 Å². The van der Waals surface area contributed by atoms with E-state index in [9.17, 15) is 9.18 Å². The van der Waals surface area contributed by atoms with Crippen molar-refractivity contribution < 1.29 is 9.18 Å². The molecule has 4 heteroatoms. The highest BCUT2D eigenvalue weighted by atomic mass is 79.9. The maximum atomic E-state index is 14.0. The smallest absolute Gasteiger partial charge is 0.159 e. The van der Waals surface area contributed by atoms with Gasteiger partial charge in [0.2, 0.25) is 0 Å². The molecule has 0 heterocycles. The van der Waals surface area contributed by atoms with E-state index in [-0.39, 0.29) is 5.78 Å². The maximum absolute atomic E-state index is 14.0. The van der Waals surface area contributed by atoms with E-state index in [0.29, 0.717) is 26.2 Å². The first-order chi connectivity index (χ1) is 8.49. The standard InChI is InChI=1S/C14H9BrClFO/c1-8(18)9-2-4-12(14(17)6-9)11-5-3-10(16)7-13(11)15/h2-7H,1H3. The van der Waals surface area contributed by atoms with Gasteiger partial charge in [-0.1, -0.05) is 45.7 Å². The van der Waals surface area contributed by atoms with E-state index in [0.717, 1.165) is 0 Å². The molecule has 0 aliphatic rings. The lowest BCUT2D eigenvalue weighted by molar-refractivity contribution is 0.101. The van der Waals surface area contributed by atoms with Gasteiger partial charge in [-0.2, -0.15) is 0 Å². The summed E-state index contributed by atoms with van der Waals surface area (Å²) >= 11 is 9.19. The van der Waals surface area contributed by atoms with E-state index in [1.54, 1.807) is 30.3 Å². The Kier molecular flexibility index (Phi) is 3.83. The van der Waals surface area contributed by atoms with Crippen LogP contribution in [0.2, 0.25) is 5.02 Å². The van der Waals surface area contributed by atoms with E-state index in [1.807, 2.05) is 0 Å². The lowest BCUT2D eigenvalue weighted by Gasteiger charge is -2.07. The number of carbonyl (C=O) groups is 1. The Morgan fingerprint density at radius 1 is 1.17 bits per heavy atom. The van der Waals surface area contributed by atoms with Crippen molar-refractivity contribution in [2.45, 2.75) is 6.92 Å². The summed E-state index contributed by atoms with van der Waals surface area (Å²) in [5, 5.41) is 0.575. The summed E-state index contributed by atoms with van der Waals surface area (Å²) in [7, 11) is 0. The molecule has 2 aromatic rings. The molecule has 92 valence electrons. The molecule has 0 aliphatic heterocycles. The fourth-order valence-corrected chi connectivity index (χ4v) is 2.56. The van der Waals surface area contributed by atoms with Crippen LogP contribution in [0.4, 0.5) is 4.39 Å². The molecule has 0 N–H and O–H groups in total. The fraction of sp³-hybridized carbons (Fsp3) is 0.0714. The molecule has 0 saturated heterocycles. The first-order valence-corrected chi connectivity index (χ1v) is 6.42. The van der Waals surface area contributed by atoms with Crippen molar-refractivity contribution in [2.75, 3.05) is 0 Å². The van der Waals surface area contributed by atoms with Gasteiger partial charge in [0.25, 0.3) is 0 Å². The Balaban J connectivity index is 2.54. The molecule has 0 spiro atoms. The van der Waals surface area contributed by atoms with Crippen molar-refractivity contribution in [3.8, 4) is 11.1 Å². The highest BCUT2D eigenvalue weighted by Gasteiger charge is 2.11. The van der Waals surface area contributed by atoms with Crippen molar-refractivity contribution >= 4 is 33.3 Å². The average molecular weight is 328 g/mol. The molecule has 0 aliphatic carbocycles. The SMILES string of the molecule is CC(=O)c1ccc(-c2ccc(Cl)cc2Br)c(F)c1. The second kappa shape index (κ2) is 5.21. The predicted octanol–water partition coefficient (Wildman–Crippen LogP) is 5.11. The fourth-order valence-electron chi connectivity index (χ4n) is 1.66. The minimum atomic E-state index is -0.425. The van der Waals surface area contributed by atoms with Gasteiger partial charge in [-0.05, 0) is 30.7 Å². The third-order valence-corrected chi connectivity index (χ3v) is 3.49. The number of carbonyl (C=O) groups excluding carboxylic acids is 1. The largest absolute Gasteiger partial charge is 0.295 e. The summed E-state index contributed by atoms with van der Waals surface area (Å²) in [5.41, 5.74) is 1.50. The Bertz CT molecular complexity index is 625. The molecule has 2 aromatic carbocycles. The number of hydrogen-bond acceptors (Lipinski definition) is 1. The van der Waals surface area contributed by atoms with Crippen LogP contribution in [0.15, 0.2) is 40.9 Å². The summed E-state index contributed by atoms with van der Waals surface area (Å²) < 4.78 is 14.7. The number of Topliss-reactive ketones (excluding diaryl/α,β-unsaturated/α-hetero) is 1. The second-order valence-corrected chi connectivity index (χ2v) is 5.17. The number of benzene rings is 2. The number of rotatable bonds is 2. The normalized spacial score (nSPS) is 10.4. The van der Waals surface area contributed by atoms with Gasteiger partial charge >= 0.3 is 0 Å². The van der Waals surface area contributed by atoms with E-state index >= 15 is 0 Å². The molecule has 0 bridgehead atoms. The van der Waals surface area contributed by atoms with Crippen LogP contribution >= 0.6 is 27.5 Å². The zero-order chi connectivity index (χ0) is 13.3. The molecular weight excluding hydrogens is 319 g/mol. The molecule has 0 atom stereocenters. The van der Waals surface area contributed by atoms with E-state index in [4.69, 9.17) is 11.6 Å². The van der Waals surface area contributed by atoms with Gasteiger partial charge in [0.1, 0.15) is 5.82 Å². The molecule has 0 aromatic heterocycles. The molecule has 0 radical (unpaired) electrons. The molecule has 0 saturated carbocycles. The topological polar surface area (TPSA) is 17.1 Å². The lowest BCUT2D eigenvalue weighted by Crippen LogP contribution is -1.94. The summed E-state index contributed by atoms with van der Waals surface area (Å²) in [5.74, 6) is -0.582. The molecule has 0 unspecified atom stereocenters. The van der Waals surface area contributed by atoms with Crippen LogP contribution in [-0.2, 0) is 0 Å². The lowest BCUT2D eigenvalue weighted by atomic mass is 10.0. The van der Waals surface area contributed by atoms with Crippen molar-refractivity contribution in [1.29, 1.82) is 0 Å². The minimum Gasteiger partial charge on any atom is -0.295 e. The first kappa shape index (κ1) is 13.2. The van der Waals surface area contributed by atoms with Gasteiger partial charge in [0.15, 0.2) is 5.78 Å². The average Bonchev–Trinajstić information content (AvgIpc) is 2.30. The second-order valence-electron chi connectivity index (χ2n) is 3.87. The first-order valence-electron chi connectivity index (χ1n) is 5.25. The van der Waals surface area contributed by atoms with Gasteiger partial charge in [-0.15, -0.1) is 0 Å². The molecule has 1 nitrogen and oxygen atoms in total. The molecule has 0 fully saturated rings. The van der Waals surface area contributed by atoms with Crippen LogP contribution in [-0.4, -0.2) is 5.78 Å². The van der Waals surface area contributed by atoms with Crippen LogP contribution < -0.4 is 0 Å². The van der Waals surface area contributed by atoms with E-state index in [1.165, 1.54) is 13.0 Å². The van der Waals surface area contributed by atoms with E-state index in [2.05, 4.69) is 15.9 Å². The van der Waals surface area contributed by atoms with Gasteiger partial charge < -0.3 is 0 Å². The van der Waals surface area contributed by atoms with Crippen LogP contribution in [0, 0.1) is 5.82 Å². The number of ketones is 1. The Hall–Kier alpha value is -1.19. The quantitative estimate of drug-likeness (QED) is 0.700. The monoisotopic (exact) mass is 326 g/mol. The summed E-state index contributed by atoms with van der Waals surface area (Å²) in [6, 6.07) is 9.59. The number of halogens is 3. The zero-order valence-corrected chi connectivity index (χ0v) is 11.8. The summed E-state index contributed by atoms with van der Waals surface area (Å²) in [6.45, 7) is 1.41. The molecule has 18 heavy (non-hydrogen) atoms. The van der Waals surface area contributed by atoms with Crippen LogP contribution in [0.25, 0.3) is 11.1 Å². The molecule has 0 amide bonds. The van der Waals surface area contributed by atoms with Crippen LogP contribution in [0.1, 0.15) is 17.3 Å². The highest BCUT2D eigenvalue weighted by molar-refractivity contribution is 9.10. The van der Waals surface area contributed by atoms with E-state index < -0.39 is 5.82 Å². The van der Waals surface area contributed by atoms with Crippen molar-refractivity contribution in [3.63, 3.8) is 0 Å². The van der Waals surface area contributed by atoms with Crippen molar-refractivity contribution in [3.05, 3.63) is 57.3 Å². The maximum Gasteiger partial charge on any atom is 0.159 e. The molecular formula is C14H9BrClFO. The summed E-state index contributed by atoms with van der Waals surface area (Å²) in [4.78, 5) is 11.2. The van der Waals surface area contributed by atoms with Crippen molar-refractivity contribution in [2.24, 2.45) is 0 Å². The third kappa shape index (κ3) is 2.62. The Labute approximate surface area is 118 Å². The summed E-state index contributed by atoms with van der Waals surface area (Å²) in [6.07, 6.45) is 0.